The summed E-state index contributed by atoms with van der Waals surface area (Å²) < 4.78 is 27.2. The molecule has 1 saturated heterocycles. The SMILES string of the molecule is CC1CC(NS(=O)(=O)c2ccnc(N)c2)CCN1C. The number of piperidine rings is 1. The topological polar surface area (TPSA) is 88.3 Å². The molecule has 0 aliphatic carbocycles. The molecule has 0 aromatic carbocycles. The minimum absolute atomic E-state index is 0.0226. The van der Waals surface area contributed by atoms with E-state index in [1.165, 1.54) is 18.3 Å². The van der Waals surface area contributed by atoms with Gasteiger partial charge in [0.15, 0.2) is 0 Å². The molecule has 2 atom stereocenters. The summed E-state index contributed by atoms with van der Waals surface area (Å²) >= 11 is 0. The molecule has 2 heterocycles. The Bertz CT molecular complexity index is 546. The highest BCUT2D eigenvalue weighted by Crippen LogP contribution is 2.18. The first-order valence-corrected chi connectivity index (χ1v) is 7.81. The van der Waals surface area contributed by atoms with Gasteiger partial charge in [-0.05, 0) is 39.4 Å². The van der Waals surface area contributed by atoms with Crippen LogP contribution in [0.1, 0.15) is 19.8 Å². The van der Waals surface area contributed by atoms with Crippen LogP contribution in [0.25, 0.3) is 0 Å². The van der Waals surface area contributed by atoms with Gasteiger partial charge < -0.3 is 10.6 Å². The van der Waals surface area contributed by atoms with Crippen molar-refractivity contribution < 1.29 is 8.42 Å². The Morgan fingerprint density at radius 3 is 2.89 bits per heavy atom. The van der Waals surface area contributed by atoms with Gasteiger partial charge in [0.25, 0.3) is 0 Å². The van der Waals surface area contributed by atoms with Crippen LogP contribution in [0.3, 0.4) is 0 Å². The van der Waals surface area contributed by atoms with E-state index in [9.17, 15) is 8.42 Å². The van der Waals surface area contributed by atoms with E-state index in [0.717, 1.165) is 19.4 Å². The van der Waals surface area contributed by atoms with E-state index in [1.807, 2.05) is 0 Å². The molecule has 3 N–H and O–H groups in total. The number of sulfonamides is 1. The number of hydrogen-bond acceptors (Lipinski definition) is 5. The van der Waals surface area contributed by atoms with E-state index in [0.29, 0.717) is 6.04 Å². The van der Waals surface area contributed by atoms with Gasteiger partial charge in [0.1, 0.15) is 5.82 Å². The number of nitrogens with two attached hydrogens (primary N) is 1. The quantitative estimate of drug-likeness (QED) is 0.840. The average Bonchev–Trinajstić information content (AvgIpc) is 2.33. The summed E-state index contributed by atoms with van der Waals surface area (Å²) in [4.78, 5) is 6.21. The second kappa shape index (κ2) is 5.44. The fourth-order valence-corrected chi connectivity index (χ4v) is 3.58. The number of pyridine rings is 1. The van der Waals surface area contributed by atoms with Crippen LogP contribution in [0.15, 0.2) is 23.2 Å². The van der Waals surface area contributed by atoms with Crippen LogP contribution in [-0.2, 0) is 10.0 Å². The van der Waals surface area contributed by atoms with Crippen molar-refractivity contribution in [2.45, 2.75) is 36.7 Å². The van der Waals surface area contributed by atoms with E-state index in [4.69, 9.17) is 5.73 Å². The fourth-order valence-electron chi connectivity index (χ4n) is 2.28. The smallest absolute Gasteiger partial charge is 0.241 e. The van der Waals surface area contributed by atoms with Crippen LogP contribution < -0.4 is 10.5 Å². The summed E-state index contributed by atoms with van der Waals surface area (Å²) in [6, 6.07) is 3.19. The number of rotatable bonds is 3. The predicted octanol–water partition coefficient (Wildman–Crippen LogP) is 0.425. The molecule has 2 unspecified atom stereocenters. The zero-order valence-electron chi connectivity index (χ0n) is 11.2. The summed E-state index contributed by atoms with van der Waals surface area (Å²) in [5.41, 5.74) is 5.52. The normalized spacial score (nSPS) is 25.4. The second-order valence-electron chi connectivity index (χ2n) is 5.09. The number of hydrogen-bond donors (Lipinski definition) is 2. The molecule has 0 amide bonds. The lowest BCUT2D eigenvalue weighted by molar-refractivity contribution is 0.178. The van der Waals surface area contributed by atoms with Gasteiger partial charge in [0, 0.05) is 24.3 Å². The Labute approximate surface area is 114 Å². The predicted molar refractivity (Wildman–Crippen MR) is 74.1 cm³/mol. The molecule has 1 aliphatic rings. The standard InChI is InChI=1S/C12H20N4O2S/c1-9-7-10(4-6-16(9)2)15-19(17,18)11-3-5-14-12(13)8-11/h3,5,8-10,15H,4,6-7H2,1-2H3,(H2,13,14). The van der Waals surface area contributed by atoms with Crippen LogP contribution in [0.4, 0.5) is 5.82 Å². The third-order valence-electron chi connectivity index (χ3n) is 3.59. The van der Waals surface area contributed by atoms with Crippen LogP contribution >= 0.6 is 0 Å². The first-order valence-electron chi connectivity index (χ1n) is 6.32. The Balaban J connectivity index is 2.10. The number of nitrogen functional groups attached to an aromatic ring is 1. The maximum absolute atomic E-state index is 12.2. The highest BCUT2D eigenvalue weighted by atomic mass is 32.2. The summed E-state index contributed by atoms with van der Waals surface area (Å²) in [5, 5.41) is 0. The Morgan fingerprint density at radius 1 is 1.53 bits per heavy atom. The summed E-state index contributed by atoms with van der Waals surface area (Å²) in [5.74, 6) is 0.208. The van der Waals surface area contributed by atoms with Gasteiger partial charge >= 0.3 is 0 Å². The van der Waals surface area contributed by atoms with Gasteiger partial charge in [-0.2, -0.15) is 0 Å². The van der Waals surface area contributed by atoms with Gasteiger partial charge in [-0.3, -0.25) is 0 Å². The van der Waals surface area contributed by atoms with E-state index < -0.39 is 10.0 Å². The summed E-state index contributed by atoms with van der Waals surface area (Å²) in [6.45, 7) is 3.00. The third-order valence-corrected chi connectivity index (χ3v) is 5.11. The van der Waals surface area contributed by atoms with Crippen LogP contribution in [0, 0.1) is 0 Å². The van der Waals surface area contributed by atoms with Crippen LogP contribution in [0.2, 0.25) is 0 Å². The lowest BCUT2D eigenvalue weighted by atomic mass is 10.0. The first kappa shape index (κ1) is 14.2. The zero-order chi connectivity index (χ0) is 14.0. The number of nitrogens with one attached hydrogen (secondary N) is 1. The van der Waals surface area contributed by atoms with E-state index >= 15 is 0 Å². The van der Waals surface area contributed by atoms with Gasteiger partial charge in [-0.15, -0.1) is 0 Å². The lowest BCUT2D eigenvalue weighted by Crippen LogP contribution is -2.47. The van der Waals surface area contributed by atoms with Crippen molar-refractivity contribution in [1.29, 1.82) is 0 Å². The number of aromatic nitrogens is 1. The average molecular weight is 284 g/mol. The minimum atomic E-state index is -3.51. The van der Waals surface area contributed by atoms with Gasteiger partial charge in [0.05, 0.1) is 4.90 Å². The maximum Gasteiger partial charge on any atom is 0.241 e. The molecule has 106 valence electrons. The minimum Gasteiger partial charge on any atom is -0.384 e. The molecule has 0 bridgehead atoms. The maximum atomic E-state index is 12.2. The first-order chi connectivity index (χ1) is 8.88. The molecule has 0 saturated carbocycles. The van der Waals surface area contributed by atoms with Gasteiger partial charge in [-0.25, -0.2) is 18.1 Å². The molecule has 1 aliphatic heterocycles. The van der Waals surface area contributed by atoms with Crippen molar-refractivity contribution in [2.24, 2.45) is 0 Å². The Hall–Kier alpha value is -1.18. The molecule has 2 rings (SSSR count). The monoisotopic (exact) mass is 284 g/mol. The number of anilines is 1. The van der Waals surface area contributed by atoms with Crippen molar-refractivity contribution in [1.82, 2.24) is 14.6 Å². The third kappa shape index (κ3) is 3.43. The molecule has 1 aromatic heterocycles. The molecule has 6 nitrogen and oxygen atoms in total. The second-order valence-corrected chi connectivity index (χ2v) is 6.80. The molecule has 1 aromatic rings. The molecule has 19 heavy (non-hydrogen) atoms. The van der Waals surface area contributed by atoms with Crippen molar-refractivity contribution in [3.05, 3.63) is 18.3 Å². The van der Waals surface area contributed by atoms with Crippen molar-refractivity contribution in [3.8, 4) is 0 Å². The Kier molecular flexibility index (Phi) is 4.07. The van der Waals surface area contributed by atoms with Crippen molar-refractivity contribution >= 4 is 15.8 Å². The Morgan fingerprint density at radius 2 is 2.26 bits per heavy atom. The number of likely N-dealkylation sites (tertiary alicyclic amines) is 1. The van der Waals surface area contributed by atoms with Crippen molar-refractivity contribution in [3.63, 3.8) is 0 Å². The highest BCUT2D eigenvalue weighted by Gasteiger charge is 2.27. The van der Waals surface area contributed by atoms with Crippen LogP contribution in [-0.4, -0.2) is 44.0 Å². The van der Waals surface area contributed by atoms with Gasteiger partial charge in [0.2, 0.25) is 10.0 Å². The van der Waals surface area contributed by atoms with Crippen molar-refractivity contribution in [2.75, 3.05) is 19.3 Å². The lowest BCUT2D eigenvalue weighted by Gasteiger charge is -2.35. The van der Waals surface area contributed by atoms with Crippen LogP contribution in [0.5, 0.6) is 0 Å². The summed E-state index contributed by atoms with van der Waals surface area (Å²) in [6.07, 6.45) is 3.04. The largest absolute Gasteiger partial charge is 0.384 e. The molecular weight excluding hydrogens is 264 g/mol. The van der Waals surface area contributed by atoms with E-state index in [-0.39, 0.29) is 16.8 Å². The number of nitrogens with zero attached hydrogens (tertiary/aromatic N) is 2. The molecular formula is C12H20N4O2S. The van der Waals surface area contributed by atoms with Gasteiger partial charge in [-0.1, -0.05) is 0 Å². The zero-order valence-corrected chi connectivity index (χ0v) is 12.0. The fraction of sp³-hybridized carbons (Fsp3) is 0.583. The highest BCUT2D eigenvalue weighted by molar-refractivity contribution is 7.89. The molecule has 7 heteroatoms. The molecule has 0 spiro atoms. The summed E-state index contributed by atoms with van der Waals surface area (Å²) in [7, 11) is -1.46. The molecule has 0 radical (unpaired) electrons. The van der Waals surface area contributed by atoms with E-state index in [1.54, 1.807) is 0 Å². The van der Waals surface area contributed by atoms with E-state index in [2.05, 4.69) is 28.6 Å². The molecule has 1 fully saturated rings.